The zero-order valence-corrected chi connectivity index (χ0v) is 18.0. The number of non-ortho nitro benzene ring substituents is 2. The SMILES string of the molecule is CN(C)c1ccc(S[C@@H]2CCCC[C@H]2OC(=O)c2cc([N+](=O)[O-])cc([N+](=O)[O-])c2)cc1. The van der Waals surface area contributed by atoms with Crippen LogP contribution in [0.3, 0.4) is 0 Å². The Hall–Kier alpha value is -3.14. The van der Waals surface area contributed by atoms with Gasteiger partial charge in [0.05, 0.1) is 21.5 Å². The van der Waals surface area contributed by atoms with E-state index in [0.29, 0.717) is 6.42 Å². The van der Waals surface area contributed by atoms with Crippen LogP contribution >= 0.6 is 11.8 Å². The minimum absolute atomic E-state index is 0.0385. The predicted molar refractivity (Wildman–Crippen MR) is 118 cm³/mol. The summed E-state index contributed by atoms with van der Waals surface area (Å²) in [5.74, 6) is -0.785. The van der Waals surface area contributed by atoms with Gasteiger partial charge in [0.2, 0.25) is 0 Å². The smallest absolute Gasteiger partial charge is 0.338 e. The van der Waals surface area contributed by atoms with Gasteiger partial charge in [0.15, 0.2) is 0 Å². The van der Waals surface area contributed by atoms with Gasteiger partial charge in [-0.2, -0.15) is 0 Å². The van der Waals surface area contributed by atoms with E-state index in [-0.39, 0.29) is 16.9 Å². The molecule has 2 aromatic rings. The molecular weight excluding hydrogens is 422 g/mol. The molecule has 1 fully saturated rings. The number of ether oxygens (including phenoxy) is 1. The van der Waals surface area contributed by atoms with Crippen LogP contribution in [0, 0.1) is 20.2 Å². The van der Waals surface area contributed by atoms with E-state index >= 15 is 0 Å². The highest BCUT2D eigenvalue weighted by Crippen LogP contribution is 2.36. The van der Waals surface area contributed by atoms with Crippen molar-refractivity contribution in [2.24, 2.45) is 0 Å². The van der Waals surface area contributed by atoms with Crippen LogP contribution in [-0.4, -0.2) is 41.3 Å². The summed E-state index contributed by atoms with van der Waals surface area (Å²) >= 11 is 1.63. The molecule has 9 nitrogen and oxygen atoms in total. The topological polar surface area (TPSA) is 116 Å². The Balaban J connectivity index is 1.75. The summed E-state index contributed by atoms with van der Waals surface area (Å²) in [5.41, 5.74) is -0.137. The van der Waals surface area contributed by atoms with E-state index in [1.54, 1.807) is 11.8 Å². The van der Waals surface area contributed by atoms with Crippen molar-refractivity contribution in [3.63, 3.8) is 0 Å². The molecule has 0 amide bonds. The molecule has 0 radical (unpaired) electrons. The Morgan fingerprint density at radius 3 is 2.13 bits per heavy atom. The lowest BCUT2D eigenvalue weighted by Crippen LogP contribution is -2.32. The van der Waals surface area contributed by atoms with Gasteiger partial charge < -0.3 is 9.64 Å². The number of hydrogen-bond donors (Lipinski definition) is 0. The van der Waals surface area contributed by atoms with Gasteiger partial charge in [0.25, 0.3) is 11.4 Å². The van der Waals surface area contributed by atoms with E-state index < -0.39 is 27.2 Å². The van der Waals surface area contributed by atoms with Crippen molar-refractivity contribution in [1.29, 1.82) is 0 Å². The molecule has 0 N–H and O–H groups in total. The maximum Gasteiger partial charge on any atom is 0.338 e. The number of esters is 1. The zero-order chi connectivity index (χ0) is 22.5. The van der Waals surface area contributed by atoms with Crippen molar-refractivity contribution in [1.82, 2.24) is 0 Å². The fraction of sp³-hybridized carbons (Fsp3) is 0.381. The fourth-order valence-corrected chi connectivity index (χ4v) is 4.73. The molecule has 1 aliphatic carbocycles. The molecule has 0 heterocycles. The normalized spacial score (nSPS) is 18.3. The van der Waals surface area contributed by atoms with Crippen LogP contribution in [0.2, 0.25) is 0 Å². The summed E-state index contributed by atoms with van der Waals surface area (Å²) in [6.07, 6.45) is 3.09. The van der Waals surface area contributed by atoms with Crippen molar-refractivity contribution in [2.45, 2.75) is 41.9 Å². The third kappa shape index (κ3) is 5.72. The Morgan fingerprint density at radius 2 is 1.58 bits per heavy atom. The van der Waals surface area contributed by atoms with Crippen LogP contribution in [-0.2, 0) is 4.74 Å². The molecule has 0 spiro atoms. The van der Waals surface area contributed by atoms with Gasteiger partial charge in [-0.05, 0) is 43.5 Å². The summed E-state index contributed by atoms with van der Waals surface area (Å²) in [6.45, 7) is 0. The van der Waals surface area contributed by atoms with Crippen LogP contribution < -0.4 is 4.90 Å². The van der Waals surface area contributed by atoms with Gasteiger partial charge in [-0.15, -0.1) is 11.8 Å². The standard InChI is InChI=1S/C21H23N3O6S/c1-22(2)15-7-9-18(10-8-15)31-20-6-4-3-5-19(20)30-21(25)14-11-16(23(26)27)13-17(12-14)24(28)29/h7-13,19-20H,3-6H2,1-2H3/t19-,20-/m1/s1. The molecule has 2 aromatic carbocycles. The molecule has 164 valence electrons. The third-order valence-electron chi connectivity index (χ3n) is 5.10. The molecule has 31 heavy (non-hydrogen) atoms. The first kappa shape index (κ1) is 22.5. The maximum atomic E-state index is 12.7. The first-order chi connectivity index (χ1) is 14.7. The summed E-state index contributed by atoms with van der Waals surface area (Å²) in [5, 5.41) is 22.2. The predicted octanol–water partition coefficient (Wildman–Crippen LogP) is 4.83. The number of carbonyl (C=O) groups is 1. The minimum Gasteiger partial charge on any atom is -0.458 e. The number of rotatable bonds is 7. The molecule has 0 saturated heterocycles. The van der Waals surface area contributed by atoms with Crippen molar-refractivity contribution in [3.05, 3.63) is 68.3 Å². The summed E-state index contributed by atoms with van der Waals surface area (Å²) in [7, 11) is 3.94. The molecule has 1 saturated carbocycles. The Kier molecular flexibility index (Phi) is 7.11. The number of carbonyl (C=O) groups excluding carboxylic acids is 1. The number of thioether (sulfide) groups is 1. The molecule has 0 unspecified atom stereocenters. The molecule has 10 heteroatoms. The Bertz CT molecular complexity index is 947. The monoisotopic (exact) mass is 445 g/mol. The second kappa shape index (κ2) is 9.78. The van der Waals surface area contributed by atoms with E-state index in [9.17, 15) is 25.0 Å². The highest BCUT2D eigenvalue weighted by molar-refractivity contribution is 8.00. The van der Waals surface area contributed by atoms with Crippen LogP contribution in [0.5, 0.6) is 0 Å². The number of nitro groups is 2. The second-order valence-electron chi connectivity index (χ2n) is 7.53. The van der Waals surface area contributed by atoms with Crippen molar-refractivity contribution < 1.29 is 19.4 Å². The highest BCUT2D eigenvalue weighted by Gasteiger charge is 2.30. The quantitative estimate of drug-likeness (QED) is 0.338. The highest BCUT2D eigenvalue weighted by atomic mass is 32.2. The third-order valence-corrected chi connectivity index (χ3v) is 6.49. The van der Waals surface area contributed by atoms with E-state index in [1.807, 2.05) is 43.3 Å². The lowest BCUT2D eigenvalue weighted by atomic mass is 9.97. The first-order valence-corrected chi connectivity index (χ1v) is 10.7. The average Bonchev–Trinajstić information content (AvgIpc) is 2.75. The lowest BCUT2D eigenvalue weighted by molar-refractivity contribution is -0.394. The number of benzene rings is 2. The molecule has 1 aliphatic rings. The largest absolute Gasteiger partial charge is 0.458 e. The molecule has 0 aromatic heterocycles. The maximum absolute atomic E-state index is 12.7. The van der Waals surface area contributed by atoms with Crippen LogP contribution in [0.15, 0.2) is 47.4 Å². The molecule has 0 aliphatic heterocycles. The van der Waals surface area contributed by atoms with Crippen LogP contribution in [0.1, 0.15) is 36.0 Å². The summed E-state index contributed by atoms with van der Waals surface area (Å²) in [6, 6.07) is 11.0. The van der Waals surface area contributed by atoms with E-state index in [0.717, 1.165) is 48.0 Å². The summed E-state index contributed by atoms with van der Waals surface area (Å²) in [4.78, 5) is 36.4. The zero-order valence-electron chi connectivity index (χ0n) is 17.2. The van der Waals surface area contributed by atoms with Gasteiger partial charge in [-0.3, -0.25) is 20.2 Å². The van der Waals surface area contributed by atoms with E-state index in [2.05, 4.69) is 0 Å². The summed E-state index contributed by atoms with van der Waals surface area (Å²) < 4.78 is 5.68. The second-order valence-corrected chi connectivity index (χ2v) is 8.84. The fourth-order valence-electron chi connectivity index (χ4n) is 3.46. The van der Waals surface area contributed by atoms with Crippen molar-refractivity contribution >= 4 is 34.8 Å². The first-order valence-electron chi connectivity index (χ1n) is 9.83. The van der Waals surface area contributed by atoms with Crippen LogP contribution in [0.25, 0.3) is 0 Å². The Morgan fingerprint density at radius 1 is 1.00 bits per heavy atom. The molecular formula is C21H23N3O6S. The minimum atomic E-state index is -0.785. The number of nitro benzene ring substituents is 2. The van der Waals surface area contributed by atoms with Crippen molar-refractivity contribution in [2.75, 3.05) is 19.0 Å². The van der Waals surface area contributed by atoms with Crippen LogP contribution in [0.4, 0.5) is 17.1 Å². The molecule has 0 bridgehead atoms. The van der Waals surface area contributed by atoms with E-state index in [4.69, 9.17) is 4.74 Å². The average molecular weight is 445 g/mol. The van der Waals surface area contributed by atoms with Gasteiger partial charge in [0, 0.05) is 42.1 Å². The number of hydrogen-bond acceptors (Lipinski definition) is 8. The van der Waals surface area contributed by atoms with Gasteiger partial charge >= 0.3 is 5.97 Å². The van der Waals surface area contributed by atoms with Crippen molar-refractivity contribution in [3.8, 4) is 0 Å². The molecule has 3 rings (SSSR count). The number of anilines is 1. The number of nitrogens with zero attached hydrogens (tertiary/aromatic N) is 3. The Labute approximate surface area is 183 Å². The lowest BCUT2D eigenvalue weighted by Gasteiger charge is -2.30. The van der Waals surface area contributed by atoms with Gasteiger partial charge in [-0.1, -0.05) is 6.42 Å². The van der Waals surface area contributed by atoms with Gasteiger partial charge in [0.1, 0.15) is 6.10 Å². The van der Waals surface area contributed by atoms with E-state index in [1.165, 1.54) is 0 Å². The van der Waals surface area contributed by atoms with Gasteiger partial charge in [-0.25, -0.2) is 4.79 Å². The molecule has 2 atom stereocenters.